The van der Waals surface area contributed by atoms with Gasteiger partial charge in [-0.3, -0.25) is 14.5 Å². The Labute approximate surface area is 168 Å². The smallest absolute Gasteiger partial charge is 0.414 e. The van der Waals surface area contributed by atoms with Crippen LogP contribution in [0, 0.1) is 17.7 Å². The third-order valence-electron chi connectivity index (χ3n) is 5.97. The second-order valence-corrected chi connectivity index (χ2v) is 8.04. The van der Waals surface area contributed by atoms with Gasteiger partial charge in [-0.05, 0) is 18.2 Å². The van der Waals surface area contributed by atoms with Gasteiger partial charge in [0, 0.05) is 51.9 Å². The maximum atomic E-state index is 14.9. The van der Waals surface area contributed by atoms with Crippen LogP contribution in [0.25, 0.3) is 0 Å². The van der Waals surface area contributed by atoms with E-state index in [0.29, 0.717) is 23.2 Å². The molecule has 0 bridgehead atoms. The van der Waals surface area contributed by atoms with Crippen LogP contribution in [-0.2, 0) is 14.3 Å². The molecule has 3 fully saturated rings. The normalized spacial score (nSPS) is 26.0. The first-order chi connectivity index (χ1) is 13.8. The maximum absolute atomic E-state index is 14.9. The molecule has 0 spiro atoms. The fourth-order valence-corrected chi connectivity index (χ4v) is 4.46. The Morgan fingerprint density at radius 1 is 1.14 bits per heavy atom. The van der Waals surface area contributed by atoms with Crippen molar-refractivity contribution in [1.29, 1.82) is 0 Å². The first-order valence-corrected chi connectivity index (χ1v) is 9.84. The third-order valence-corrected chi connectivity index (χ3v) is 5.97. The minimum atomic E-state index is -0.549. The molecule has 0 radical (unpaired) electrons. The van der Waals surface area contributed by atoms with E-state index < -0.39 is 12.2 Å². The van der Waals surface area contributed by atoms with Gasteiger partial charge in [0.2, 0.25) is 11.8 Å². The number of benzene rings is 1. The standard InChI is InChI=1S/C20H25FN4O4/c1-12(26)22-6-17-11-25(20(28)29-17)16-3-4-19(18(21)5-16)24-9-14-7-23(13(2)27)8-15(14)10-24/h3-5,14-15,17H,6-11H2,1-2H3,(H,22,26). The van der Waals surface area contributed by atoms with Gasteiger partial charge >= 0.3 is 6.09 Å². The van der Waals surface area contributed by atoms with Gasteiger partial charge in [-0.2, -0.15) is 0 Å². The van der Waals surface area contributed by atoms with Crippen molar-refractivity contribution in [2.75, 3.05) is 49.1 Å². The lowest BCUT2D eigenvalue weighted by Gasteiger charge is -2.24. The average molecular weight is 404 g/mol. The molecule has 4 rings (SSSR count). The Morgan fingerprint density at radius 2 is 1.83 bits per heavy atom. The quantitative estimate of drug-likeness (QED) is 0.816. The summed E-state index contributed by atoms with van der Waals surface area (Å²) in [7, 11) is 0. The number of carbonyl (C=O) groups excluding carboxylic acids is 3. The number of ether oxygens (including phenoxy) is 1. The summed E-state index contributed by atoms with van der Waals surface area (Å²) in [6, 6.07) is 4.77. The van der Waals surface area contributed by atoms with Crippen LogP contribution in [-0.4, -0.2) is 68.2 Å². The highest BCUT2D eigenvalue weighted by atomic mass is 19.1. The van der Waals surface area contributed by atoms with E-state index in [1.165, 1.54) is 17.9 Å². The molecule has 1 N–H and O–H groups in total. The van der Waals surface area contributed by atoms with Gasteiger partial charge in [0.05, 0.1) is 24.5 Å². The summed E-state index contributed by atoms with van der Waals surface area (Å²) < 4.78 is 20.1. The fraction of sp³-hybridized carbons (Fsp3) is 0.550. The van der Waals surface area contributed by atoms with Gasteiger partial charge in [0.25, 0.3) is 0 Å². The lowest BCUT2D eigenvalue weighted by atomic mass is 10.0. The average Bonchev–Trinajstić information content (AvgIpc) is 3.32. The van der Waals surface area contributed by atoms with Gasteiger partial charge in [0.15, 0.2) is 0 Å². The molecule has 3 heterocycles. The fourth-order valence-electron chi connectivity index (χ4n) is 4.46. The van der Waals surface area contributed by atoms with Crippen LogP contribution in [0.15, 0.2) is 18.2 Å². The Kier molecular flexibility index (Phi) is 5.06. The summed E-state index contributed by atoms with van der Waals surface area (Å²) in [4.78, 5) is 40.0. The van der Waals surface area contributed by atoms with Crippen LogP contribution in [0.4, 0.5) is 20.6 Å². The SMILES string of the molecule is CC(=O)NCC1CN(c2ccc(N3CC4CN(C(C)=O)CC4C3)c(F)c2)C(=O)O1. The van der Waals surface area contributed by atoms with Gasteiger partial charge in [-0.1, -0.05) is 0 Å². The van der Waals surface area contributed by atoms with Crippen molar-refractivity contribution in [1.82, 2.24) is 10.2 Å². The van der Waals surface area contributed by atoms with Crippen molar-refractivity contribution in [3.63, 3.8) is 0 Å². The topological polar surface area (TPSA) is 82.2 Å². The molecule has 3 amide bonds. The number of likely N-dealkylation sites (tertiary alicyclic amines) is 1. The summed E-state index contributed by atoms with van der Waals surface area (Å²) in [6.07, 6.45) is -1.01. The highest BCUT2D eigenvalue weighted by Crippen LogP contribution is 2.36. The minimum absolute atomic E-state index is 0.0933. The number of hydrogen-bond acceptors (Lipinski definition) is 5. The summed E-state index contributed by atoms with van der Waals surface area (Å²) >= 11 is 0. The number of cyclic esters (lactones) is 1. The molecule has 1 aromatic carbocycles. The van der Waals surface area contributed by atoms with E-state index in [9.17, 15) is 18.8 Å². The Hall–Kier alpha value is -2.84. The lowest BCUT2D eigenvalue weighted by Crippen LogP contribution is -2.33. The van der Waals surface area contributed by atoms with Crippen LogP contribution in [0.2, 0.25) is 0 Å². The molecule has 0 aliphatic carbocycles. The Bertz CT molecular complexity index is 834. The molecule has 0 saturated carbocycles. The Balaban J connectivity index is 1.41. The number of nitrogens with zero attached hydrogens (tertiary/aromatic N) is 3. The molecule has 3 aliphatic heterocycles. The zero-order valence-corrected chi connectivity index (χ0v) is 16.6. The largest absolute Gasteiger partial charge is 0.442 e. The van der Waals surface area contributed by atoms with Crippen molar-refractivity contribution < 1.29 is 23.5 Å². The van der Waals surface area contributed by atoms with Crippen molar-refractivity contribution in [3.05, 3.63) is 24.0 Å². The van der Waals surface area contributed by atoms with E-state index in [1.807, 2.05) is 9.80 Å². The molecule has 156 valence electrons. The van der Waals surface area contributed by atoms with E-state index in [1.54, 1.807) is 19.1 Å². The van der Waals surface area contributed by atoms with E-state index in [0.717, 1.165) is 26.2 Å². The van der Waals surface area contributed by atoms with Crippen LogP contribution < -0.4 is 15.1 Å². The van der Waals surface area contributed by atoms with Gasteiger partial charge in [-0.25, -0.2) is 9.18 Å². The van der Waals surface area contributed by atoms with Gasteiger partial charge in [-0.15, -0.1) is 0 Å². The third kappa shape index (κ3) is 3.86. The minimum Gasteiger partial charge on any atom is -0.442 e. The lowest BCUT2D eigenvalue weighted by molar-refractivity contribution is -0.128. The van der Waals surface area contributed by atoms with E-state index >= 15 is 0 Å². The summed E-state index contributed by atoms with van der Waals surface area (Å²) in [5.41, 5.74) is 0.948. The second kappa shape index (κ2) is 7.53. The van der Waals surface area contributed by atoms with Crippen LogP contribution in [0.3, 0.4) is 0 Å². The molecule has 8 nitrogen and oxygen atoms in total. The zero-order chi connectivity index (χ0) is 20.7. The molecule has 0 aromatic heterocycles. The highest BCUT2D eigenvalue weighted by molar-refractivity contribution is 5.90. The summed E-state index contributed by atoms with van der Waals surface area (Å²) in [6.45, 7) is 6.36. The van der Waals surface area contributed by atoms with E-state index in [4.69, 9.17) is 4.74 Å². The predicted molar refractivity (Wildman–Crippen MR) is 104 cm³/mol. The molecular weight excluding hydrogens is 379 g/mol. The number of hydrogen-bond donors (Lipinski definition) is 1. The van der Waals surface area contributed by atoms with Gasteiger partial charge in [0.1, 0.15) is 11.9 Å². The summed E-state index contributed by atoms with van der Waals surface area (Å²) in [5.74, 6) is 0.235. The maximum Gasteiger partial charge on any atom is 0.414 e. The van der Waals surface area contributed by atoms with Gasteiger partial charge < -0.3 is 19.9 Å². The van der Waals surface area contributed by atoms with Crippen LogP contribution >= 0.6 is 0 Å². The Morgan fingerprint density at radius 3 is 2.41 bits per heavy atom. The van der Waals surface area contributed by atoms with E-state index in [-0.39, 0.29) is 30.7 Å². The van der Waals surface area contributed by atoms with E-state index in [2.05, 4.69) is 5.32 Å². The molecule has 9 heteroatoms. The summed E-state index contributed by atoms with van der Waals surface area (Å²) in [5, 5.41) is 2.62. The van der Waals surface area contributed by atoms with Crippen molar-refractivity contribution >= 4 is 29.3 Å². The molecule has 1 aromatic rings. The predicted octanol–water partition coefficient (Wildman–Crippen LogP) is 1.20. The molecule has 3 atom stereocenters. The number of halogens is 1. The van der Waals surface area contributed by atoms with Crippen molar-refractivity contribution in [2.24, 2.45) is 11.8 Å². The van der Waals surface area contributed by atoms with Crippen molar-refractivity contribution in [3.8, 4) is 0 Å². The number of nitrogens with one attached hydrogen (secondary N) is 1. The second-order valence-electron chi connectivity index (χ2n) is 8.04. The molecule has 3 aliphatic rings. The molecular formula is C20H25FN4O4. The number of fused-ring (bicyclic) bond motifs is 1. The first kappa shape index (κ1) is 19.5. The van der Waals surface area contributed by atoms with Crippen LogP contribution in [0.5, 0.6) is 0 Å². The first-order valence-electron chi connectivity index (χ1n) is 9.84. The van der Waals surface area contributed by atoms with Crippen LogP contribution in [0.1, 0.15) is 13.8 Å². The number of rotatable bonds is 4. The number of carbonyl (C=O) groups is 3. The molecule has 3 saturated heterocycles. The molecule has 3 unspecified atom stereocenters. The highest BCUT2D eigenvalue weighted by Gasteiger charge is 2.41. The zero-order valence-electron chi connectivity index (χ0n) is 16.6. The number of anilines is 2. The number of amides is 3. The monoisotopic (exact) mass is 404 g/mol. The molecule has 29 heavy (non-hydrogen) atoms. The van der Waals surface area contributed by atoms with Crippen molar-refractivity contribution in [2.45, 2.75) is 20.0 Å².